The van der Waals surface area contributed by atoms with Gasteiger partial charge in [0.25, 0.3) is 0 Å². The van der Waals surface area contributed by atoms with Gasteiger partial charge in [-0.3, -0.25) is 4.79 Å². The molecule has 1 fully saturated rings. The Morgan fingerprint density at radius 2 is 1.53 bits per heavy atom. The van der Waals surface area contributed by atoms with Gasteiger partial charge >= 0.3 is 0 Å². The van der Waals surface area contributed by atoms with E-state index in [-0.39, 0.29) is 5.91 Å². The second-order valence-electron chi connectivity index (χ2n) is 8.26. The van der Waals surface area contributed by atoms with Crippen LogP contribution < -0.4 is 19.7 Å². The Morgan fingerprint density at radius 1 is 0.912 bits per heavy atom. The van der Waals surface area contributed by atoms with E-state index in [1.807, 2.05) is 66.4 Å². The first-order valence-corrected chi connectivity index (χ1v) is 11.5. The van der Waals surface area contributed by atoms with Crippen LogP contribution in [0.15, 0.2) is 54.6 Å². The zero-order chi connectivity index (χ0) is 23.9. The fraction of sp³-hybridized carbons (Fsp3) is 0.346. The van der Waals surface area contributed by atoms with Gasteiger partial charge in [0.2, 0.25) is 11.9 Å². The van der Waals surface area contributed by atoms with Crippen LogP contribution in [0.1, 0.15) is 17.7 Å². The number of methoxy groups -OCH3 is 2. The number of ether oxygens (including phenoxy) is 2. The summed E-state index contributed by atoms with van der Waals surface area (Å²) in [6, 6.07) is 17.5. The number of amides is 1. The SMILES string of the molecule is COc1ccc(CCC(=O)N2CCN(c3nc(C)cc(Nc4ccc(OC)cc4)n3)CC2)cc1. The van der Waals surface area contributed by atoms with Crippen LogP contribution in [0.4, 0.5) is 17.5 Å². The maximum absolute atomic E-state index is 12.7. The number of carbonyl (C=O) groups is 1. The summed E-state index contributed by atoms with van der Waals surface area (Å²) in [7, 11) is 3.30. The standard InChI is InChI=1S/C26H31N5O3/c1-19-18-24(28-21-7-11-23(34-3)12-8-21)29-26(27-19)31-16-14-30(15-17-31)25(32)13-6-20-4-9-22(33-2)10-5-20/h4-5,7-12,18H,6,13-17H2,1-3H3,(H,27,28,29). The number of nitrogens with one attached hydrogen (secondary N) is 1. The van der Waals surface area contributed by atoms with Gasteiger partial charge in [0, 0.05) is 50.0 Å². The topological polar surface area (TPSA) is 79.8 Å². The monoisotopic (exact) mass is 461 g/mol. The summed E-state index contributed by atoms with van der Waals surface area (Å²) in [6.45, 7) is 4.71. The van der Waals surface area contributed by atoms with Crippen molar-refractivity contribution in [2.45, 2.75) is 19.8 Å². The summed E-state index contributed by atoms with van der Waals surface area (Å²) >= 11 is 0. The molecule has 1 aromatic heterocycles. The van der Waals surface area contributed by atoms with Crippen LogP contribution in [0.3, 0.4) is 0 Å². The predicted molar refractivity (Wildman–Crippen MR) is 133 cm³/mol. The largest absolute Gasteiger partial charge is 0.497 e. The van der Waals surface area contributed by atoms with Crippen LogP contribution in [0.2, 0.25) is 0 Å². The second kappa shape index (κ2) is 10.9. The van der Waals surface area contributed by atoms with E-state index < -0.39 is 0 Å². The Labute approximate surface area is 200 Å². The molecule has 4 rings (SSSR count). The minimum atomic E-state index is 0.183. The van der Waals surface area contributed by atoms with Crippen molar-refractivity contribution in [2.75, 3.05) is 50.6 Å². The Morgan fingerprint density at radius 3 is 2.15 bits per heavy atom. The summed E-state index contributed by atoms with van der Waals surface area (Å²) < 4.78 is 10.4. The molecule has 1 N–H and O–H groups in total. The molecule has 178 valence electrons. The molecule has 1 amide bonds. The molecule has 0 spiro atoms. The number of anilines is 3. The molecule has 0 aliphatic carbocycles. The first-order valence-electron chi connectivity index (χ1n) is 11.5. The quantitative estimate of drug-likeness (QED) is 0.546. The summed E-state index contributed by atoms with van der Waals surface area (Å²) in [6.07, 6.45) is 1.23. The number of carbonyl (C=O) groups excluding carboxylic acids is 1. The maximum Gasteiger partial charge on any atom is 0.227 e. The van der Waals surface area contributed by atoms with Gasteiger partial charge in [0.05, 0.1) is 14.2 Å². The average Bonchev–Trinajstić information content (AvgIpc) is 2.88. The number of benzene rings is 2. The Balaban J connectivity index is 1.31. The first kappa shape index (κ1) is 23.4. The predicted octanol–water partition coefficient (Wildman–Crippen LogP) is 3.83. The molecule has 1 aliphatic rings. The molecule has 0 atom stereocenters. The lowest BCUT2D eigenvalue weighted by Crippen LogP contribution is -2.49. The molecule has 1 saturated heterocycles. The highest BCUT2D eigenvalue weighted by Crippen LogP contribution is 2.22. The molecule has 0 bridgehead atoms. The highest BCUT2D eigenvalue weighted by atomic mass is 16.5. The molecule has 0 radical (unpaired) electrons. The number of nitrogens with zero attached hydrogens (tertiary/aromatic N) is 4. The molecule has 1 aliphatic heterocycles. The van der Waals surface area contributed by atoms with Crippen molar-refractivity contribution in [2.24, 2.45) is 0 Å². The third-order valence-electron chi connectivity index (χ3n) is 5.91. The van der Waals surface area contributed by atoms with Crippen molar-refractivity contribution in [3.8, 4) is 11.5 Å². The molecule has 3 aromatic rings. The number of rotatable bonds is 8. The van der Waals surface area contributed by atoms with Gasteiger partial charge in [-0.2, -0.15) is 4.98 Å². The number of hydrogen-bond donors (Lipinski definition) is 1. The van der Waals surface area contributed by atoms with Crippen molar-refractivity contribution in [3.05, 3.63) is 65.9 Å². The van der Waals surface area contributed by atoms with Crippen LogP contribution in [0, 0.1) is 6.92 Å². The second-order valence-corrected chi connectivity index (χ2v) is 8.26. The van der Waals surface area contributed by atoms with Crippen molar-refractivity contribution in [3.63, 3.8) is 0 Å². The lowest BCUT2D eigenvalue weighted by atomic mass is 10.1. The number of piperazine rings is 1. The number of aryl methyl sites for hydroxylation is 2. The third-order valence-corrected chi connectivity index (χ3v) is 5.91. The van der Waals surface area contributed by atoms with E-state index in [4.69, 9.17) is 14.5 Å². The van der Waals surface area contributed by atoms with Crippen molar-refractivity contribution < 1.29 is 14.3 Å². The zero-order valence-corrected chi connectivity index (χ0v) is 20.0. The molecular weight excluding hydrogens is 430 g/mol. The first-order chi connectivity index (χ1) is 16.5. The average molecular weight is 462 g/mol. The Bertz CT molecular complexity index is 1090. The van der Waals surface area contributed by atoms with Gasteiger partial charge in [0.1, 0.15) is 17.3 Å². The highest BCUT2D eigenvalue weighted by molar-refractivity contribution is 5.76. The van der Waals surface area contributed by atoms with Crippen molar-refractivity contribution in [1.29, 1.82) is 0 Å². The number of aromatic nitrogens is 2. The third kappa shape index (κ3) is 5.95. The summed E-state index contributed by atoms with van der Waals surface area (Å²) in [5, 5.41) is 3.34. The lowest BCUT2D eigenvalue weighted by Gasteiger charge is -2.35. The van der Waals surface area contributed by atoms with Gasteiger partial charge in [-0.1, -0.05) is 12.1 Å². The summed E-state index contributed by atoms with van der Waals surface area (Å²) in [5.74, 6) is 3.24. The van der Waals surface area contributed by atoms with Crippen LogP contribution in [0.5, 0.6) is 11.5 Å². The van der Waals surface area contributed by atoms with Crippen molar-refractivity contribution >= 4 is 23.4 Å². The molecule has 2 aromatic carbocycles. The molecule has 0 saturated carbocycles. The molecular formula is C26H31N5O3. The minimum Gasteiger partial charge on any atom is -0.497 e. The van der Waals surface area contributed by atoms with E-state index in [2.05, 4.69) is 15.2 Å². The van der Waals surface area contributed by atoms with E-state index >= 15 is 0 Å². The van der Waals surface area contributed by atoms with E-state index in [0.29, 0.717) is 38.5 Å². The van der Waals surface area contributed by atoms with Gasteiger partial charge in [0.15, 0.2) is 0 Å². The van der Waals surface area contributed by atoms with Crippen LogP contribution in [-0.2, 0) is 11.2 Å². The molecule has 2 heterocycles. The van der Waals surface area contributed by atoms with Gasteiger partial charge in [-0.25, -0.2) is 4.98 Å². The maximum atomic E-state index is 12.7. The van der Waals surface area contributed by atoms with Crippen LogP contribution >= 0.6 is 0 Å². The van der Waals surface area contributed by atoms with E-state index in [1.54, 1.807) is 14.2 Å². The van der Waals surface area contributed by atoms with Gasteiger partial charge in [-0.05, 0) is 55.3 Å². The van der Waals surface area contributed by atoms with E-state index in [1.165, 1.54) is 0 Å². The summed E-state index contributed by atoms with van der Waals surface area (Å²) in [4.78, 5) is 26.1. The van der Waals surface area contributed by atoms with Gasteiger partial charge in [-0.15, -0.1) is 0 Å². The Hall–Kier alpha value is -3.81. The van der Waals surface area contributed by atoms with Crippen LogP contribution in [0.25, 0.3) is 0 Å². The molecule has 0 unspecified atom stereocenters. The van der Waals surface area contributed by atoms with Crippen molar-refractivity contribution in [1.82, 2.24) is 14.9 Å². The summed E-state index contributed by atoms with van der Waals surface area (Å²) in [5.41, 5.74) is 2.95. The minimum absolute atomic E-state index is 0.183. The smallest absolute Gasteiger partial charge is 0.227 e. The lowest BCUT2D eigenvalue weighted by molar-refractivity contribution is -0.131. The van der Waals surface area contributed by atoms with Crippen LogP contribution in [-0.4, -0.2) is 61.2 Å². The molecule has 8 nitrogen and oxygen atoms in total. The highest BCUT2D eigenvalue weighted by Gasteiger charge is 2.23. The van der Waals surface area contributed by atoms with Gasteiger partial charge < -0.3 is 24.6 Å². The molecule has 34 heavy (non-hydrogen) atoms. The molecule has 8 heteroatoms. The Kier molecular flexibility index (Phi) is 7.47. The fourth-order valence-corrected chi connectivity index (χ4v) is 3.94. The fourth-order valence-electron chi connectivity index (χ4n) is 3.94. The van der Waals surface area contributed by atoms with E-state index in [9.17, 15) is 4.79 Å². The van der Waals surface area contributed by atoms with E-state index in [0.717, 1.165) is 40.7 Å². The normalized spacial score (nSPS) is 13.5. The number of hydrogen-bond acceptors (Lipinski definition) is 7. The zero-order valence-electron chi connectivity index (χ0n) is 20.0.